The Morgan fingerprint density at radius 3 is 2.78 bits per heavy atom. The van der Waals surface area contributed by atoms with Crippen LogP contribution in [0, 0.1) is 0 Å². The van der Waals surface area contributed by atoms with Gasteiger partial charge in [0.2, 0.25) is 0 Å². The van der Waals surface area contributed by atoms with Crippen LogP contribution in [0.5, 0.6) is 0 Å². The van der Waals surface area contributed by atoms with Crippen molar-refractivity contribution in [1.82, 2.24) is 14.9 Å². The van der Waals surface area contributed by atoms with Crippen molar-refractivity contribution in [2.24, 2.45) is 0 Å². The predicted octanol–water partition coefficient (Wildman–Crippen LogP) is 4.16. The first-order valence-electron chi connectivity index (χ1n) is 8.87. The normalized spacial score (nSPS) is 16.5. The highest BCUT2D eigenvalue weighted by Crippen LogP contribution is 2.37. The Labute approximate surface area is 143 Å². The van der Waals surface area contributed by atoms with Gasteiger partial charge in [0.1, 0.15) is 16.5 Å². The van der Waals surface area contributed by atoms with Crippen molar-refractivity contribution in [3.05, 3.63) is 16.3 Å². The Morgan fingerprint density at radius 2 is 2.00 bits per heavy atom. The van der Waals surface area contributed by atoms with Crippen molar-refractivity contribution in [2.75, 3.05) is 12.8 Å². The number of anilines is 1. The highest BCUT2D eigenvalue weighted by molar-refractivity contribution is 7.18. The first-order chi connectivity index (χ1) is 11.1. The van der Waals surface area contributed by atoms with Gasteiger partial charge in [0.15, 0.2) is 0 Å². The molecule has 0 saturated heterocycles. The van der Waals surface area contributed by atoms with Gasteiger partial charge in [0.25, 0.3) is 0 Å². The molecule has 2 aromatic rings. The molecule has 4 nitrogen and oxygen atoms in total. The molecule has 1 aliphatic rings. The SMILES string of the molecule is CCC[C@@H](C)N(C)Cc1nc(N)c2c3c(sc2n1)CCCCC3. The van der Waals surface area contributed by atoms with E-state index in [-0.39, 0.29) is 0 Å². The molecule has 1 atom stereocenters. The third-order valence-corrected chi connectivity index (χ3v) is 6.17. The Balaban J connectivity index is 1.89. The molecule has 0 saturated carbocycles. The maximum absolute atomic E-state index is 6.32. The Hall–Kier alpha value is -1.20. The smallest absolute Gasteiger partial charge is 0.146 e. The molecule has 5 heteroatoms. The second kappa shape index (κ2) is 7.14. The van der Waals surface area contributed by atoms with Gasteiger partial charge in [0.05, 0.1) is 11.9 Å². The fraction of sp³-hybridized carbons (Fsp3) is 0.667. The van der Waals surface area contributed by atoms with E-state index in [1.165, 1.54) is 49.0 Å². The van der Waals surface area contributed by atoms with Crippen molar-refractivity contribution < 1.29 is 0 Å². The van der Waals surface area contributed by atoms with Crippen LogP contribution in [-0.4, -0.2) is 28.0 Å². The maximum atomic E-state index is 6.32. The summed E-state index contributed by atoms with van der Waals surface area (Å²) >= 11 is 1.84. The molecule has 0 amide bonds. The van der Waals surface area contributed by atoms with Gasteiger partial charge in [-0.3, -0.25) is 4.90 Å². The van der Waals surface area contributed by atoms with Gasteiger partial charge in [-0.05, 0) is 51.6 Å². The summed E-state index contributed by atoms with van der Waals surface area (Å²) in [6.07, 6.45) is 8.58. The summed E-state index contributed by atoms with van der Waals surface area (Å²) in [5, 5.41) is 1.14. The largest absolute Gasteiger partial charge is 0.383 e. The summed E-state index contributed by atoms with van der Waals surface area (Å²) in [6.45, 7) is 5.26. The van der Waals surface area contributed by atoms with Crippen LogP contribution in [0.1, 0.15) is 62.2 Å². The third kappa shape index (κ3) is 3.50. The van der Waals surface area contributed by atoms with Crippen molar-refractivity contribution in [2.45, 2.75) is 71.4 Å². The van der Waals surface area contributed by atoms with E-state index < -0.39 is 0 Å². The molecule has 23 heavy (non-hydrogen) atoms. The standard InChI is InChI=1S/C18H28N4S/c1-4-8-12(2)22(3)11-15-20-17(19)16-13-9-6-5-7-10-14(13)23-18(16)21-15/h12H,4-11H2,1-3H3,(H2,19,20,21)/t12-/m1/s1. The molecule has 0 radical (unpaired) electrons. The van der Waals surface area contributed by atoms with Crippen molar-refractivity contribution in [3.8, 4) is 0 Å². The van der Waals surface area contributed by atoms with Gasteiger partial charge in [-0.25, -0.2) is 9.97 Å². The number of fused-ring (bicyclic) bond motifs is 3. The molecular weight excluding hydrogens is 304 g/mol. The number of aryl methyl sites for hydroxylation is 2. The third-order valence-electron chi connectivity index (χ3n) is 4.99. The molecule has 0 unspecified atom stereocenters. The maximum Gasteiger partial charge on any atom is 0.146 e. The second-order valence-electron chi connectivity index (χ2n) is 6.82. The number of hydrogen-bond acceptors (Lipinski definition) is 5. The minimum absolute atomic E-state index is 0.542. The summed E-state index contributed by atoms with van der Waals surface area (Å²) in [5.41, 5.74) is 7.75. The minimum atomic E-state index is 0.542. The molecule has 126 valence electrons. The molecule has 0 aliphatic heterocycles. The number of nitrogens with two attached hydrogens (primary N) is 1. The van der Waals surface area contributed by atoms with Crippen molar-refractivity contribution in [3.63, 3.8) is 0 Å². The van der Waals surface area contributed by atoms with Gasteiger partial charge in [-0.2, -0.15) is 0 Å². The molecule has 0 spiro atoms. The predicted molar refractivity (Wildman–Crippen MR) is 98.9 cm³/mol. The summed E-state index contributed by atoms with van der Waals surface area (Å²) in [6, 6.07) is 0.542. The van der Waals surface area contributed by atoms with Crippen LogP contribution in [-0.2, 0) is 19.4 Å². The zero-order valence-corrected chi connectivity index (χ0v) is 15.4. The number of nitrogens with zero attached hydrogens (tertiary/aromatic N) is 3. The molecule has 0 aromatic carbocycles. The molecule has 2 N–H and O–H groups in total. The summed E-state index contributed by atoms with van der Waals surface area (Å²) in [5.74, 6) is 1.54. The fourth-order valence-corrected chi connectivity index (χ4v) is 4.78. The average molecular weight is 333 g/mol. The molecule has 1 aliphatic carbocycles. The summed E-state index contributed by atoms with van der Waals surface area (Å²) in [7, 11) is 2.15. The van der Waals surface area contributed by atoms with Gasteiger partial charge < -0.3 is 5.73 Å². The number of thiophene rings is 1. The van der Waals surface area contributed by atoms with Crippen LogP contribution in [0.4, 0.5) is 5.82 Å². The van der Waals surface area contributed by atoms with Crippen LogP contribution < -0.4 is 5.73 Å². The van der Waals surface area contributed by atoms with E-state index in [0.29, 0.717) is 11.9 Å². The van der Waals surface area contributed by atoms with Gasteiger partial charge >= 0.3 is 0 Å². The van der Waals surface area contributed by atoms with Gasteiger partial charge in [-0.15, -0.1) is 11.3 Å². The van der Waals surface area contributed by atoms with E-state index in [4.69, 9.17) is 10.7 Å². The molecule has 2 aromatic heterocycles. The van der Waals surface area contributed by atoms with E-state index in [1.807, 2.05) is 11.3 Å². The zero-order chi connectivity index (χ0) is 16.4. The quantitative estimate of drug-likeness (QED) is 0.835. The second-order valence-corrected chi connectivity index (χ2v) is 7.91. The van der Waals surface area contributed by atoms with Crippen molar-refractivity contribution >= 4 is 27.4 Å². The highest BCUT2D eigenvalue weighted by atomic mass is 32.1. The minimum Gasteiger partial charge on any atom is -0.383 e. The first-order valence-corrected chi connectivity index (χ1v) is 9.68. The topological polar surface area (TPSA) is 55.0 Å². The lowest BCUT2D eigenvalue weighted by Crippen LogP contribution is -2.29. The van der Waals surface area contributed by atoms with Crippen LogP contribution in [0.3, 0.4) is 0 Å². The average Bonchev–Trinajstić information content (AvgIpc) is 2.70. The first kappa shape index (κ1) is 16.7. The highest BCUT2D eigenvalue weighted by Gasteiger charge is 2.20. The van der Waals surface area contributed by atoms with Crippen molar-refractivity contribution in [1.29, 1.82) is 0 Å². The molecule has 3 rings (SSSR count). The van der Waals surface area contributed by atoms with E-state index in [9.17, 15) is 0 Å². The number of nitrogen functional groups attached to an aromatic ring is 1. The Kier molecular flexibility index (Phi) is 5.17. The lowest BCUT2D eigenvalue weighted by molar-refractivity contribution is 0.232. The Bertz CT molecular complexity index is 679. The number of hydrogen-bond donors (Lipinski definition) is 1. The van der Waals surface area contributed by atoms with Crippen LogP contribution >= 0.6 is 11.3 Å². The monoisotopic (exact) mass is 332 g/mol. The van der Waals surface area contributed by atoms with Crippen LogP contribution in [0.15, 0.2) is 0 Å². The lowest BCUT2D eigenvalue weighted by Gasteiger charge is -2.23. The molecular formula is C18H28N4S. The number of rotatable bonds is 5. The van der Waals surface area contributed by atoms with Gasteiger partial charge in [0, 0.05) is 10.9 Å². The van der Waals surface area contributed by atoms with E-state index in [2.05, 4.69) is 30.8 Å². The molecule has 0 fully saturated rings. The van der Waals surface area contributed by atoms with Crippen LogP contribution in [0.25, 0.3) is 10.2 Å². The summed E-state index contributed by atoms with van der Waals surface area (Å²) in [4.78, 5) is 14.4. The number of aromatic nitrogens is 2. The molecule has 2 heterocycles. The van der Waals surface area contributed by atoms with Gasteiger partial charge in [-0.1, -0.05) is 19.8 Å². The zero-order valence-electron chi connectivity index (χ0n) is 14.6. The Morgan fingerprint density at radius 1 is 1.22 bits per heavy atom. The fourth-order valence-electron chi connectivity index (χ4n) is 3.50. The van der Waals surface area contributed by atoms with E-state index >= 15 is 0 Å². The molecule has 0 bridgehead atoms. The summed E-state index contributed by atoms with van der Waals surface area (Å²) < 4.78 is 0. The lowest BCUT2D eigenvalue weighted by atomic mass is 10.1. The van der Waals surface area contributed by atoms with Crippen LogP contribution in [0.2, 0.25) is 0 Å². The van der Waals surface area contributed by atoms with E-state index in [0.717, 1.165) is 29.0 Å². The van der Waals surface area contributed by atoms with E-state index in [1.54, 1.807) is 0 Å².